The highest BCUT2D eigenvalue weighted by atomic mass is 35.5. The third-order valence-electron chi connectivity index (χ3n) is 2.13. The third kappa shape index (κ3) is 2.11. The van der Waals surface area contributed by atoms with E-state index >= 15 is 0 Å². The van der Waals surface area contributed by atoms with Crippen LogP contribution in [0.5, 0.6) is 0 Å². The Hall–Kier alpha value is -1.59. The Balaban J connectivity index is 2.14. The van der Waals surface area contributed by atoms with Crippen LogP contribution >= 0.6 is 23.4 Å². The molecule has 0 atom stereocenters. The Morgan fingerprint density at radius 2 is 2.06 bits per heavy atom. The van der Waals surface area contributed by atoms with Crippen molar-refractivity contribution in [2.24, 2.45) is 0 Å². The van der Waals surface area contributed by atoms with Crippen molar-refractivity contribution in [2.45, 2.75) is 10.2 Å². The molecular formula is C11H6ClN3OS. The van der Waals surface area contributed by atoms with Crippen LogP contribution in [0, 0.1) is 0 Å². The molecule has 0 saturated heterocycles. The average molecular weight is 264 g/mol. The van der Waals surface area contributed by atoms with Gasteiger partial charge in [0, 0.05) is 5.39 Å². The van der Waals surface area contributed by atoms with Gasteiger partial charge in [-0.15, -0.1) is 0 Å². The molecule has 3 aromatic rings. The van der Waals surface area contributed by atoms with Gasteiger partial charge in [0.25, 0.3) is 5.22 Å². The highest BCUT2D eigenvalue weighted by Crippen LogP contribution is 2.30. The maximum atomic E-state index is 5.88. The Morgan fingerprint density at radius 1 is 1.18 bits per heavy atom. The van der Waals surface area contributed by atoms with Crippen LogP contribution < -0.4 is 0 Å². The van der Waals surface area contributed by atoms with E-state index in [4.69, 9.17) is 16.0 Å². The van der Waals surface area contributed by atoms with Crippen molar-refractivity contribution in [3.63, 3.8) is 0 Å². The van der Waals surface area contributed by atoms with Crippen molar-refractivity contribution in [1.82, 2.24) is 15.0 Å². The first-order chi connectivity index (χ1) is 8.33. The normalized spacial score (nSPS) is 10.9. The second kappa shape index (κ2) is 4.35. The van der Waals surface area contributed by atoms with Crippen LogP contribution in [0.4, 0.5) is 0 Å². The lowest BCUT2D eigenvalue weighted by molar-refractivity contribution is 0.454. The van der Waals surface area contributed by atoms with E-state index < -0.39 is 0 Å². The minimum absolute atomic E-state index is 0.220. The van der Waals surface area contributed by atoms with Gasteiger partial charge in [0.2, 0.25) is 5.28 Å². The monoisotopic (exact) mass is 263 g/mol. The minimum Gasteiger partial charge on any atom is -0.440 e. The summed E-state index contributed by atoms with van der Waals surface area (Å²) in [6, 6.07) is 7.67. The number of hydrogen-bond donors (Lipinski definition) is 0. The Morgan fingerprint density at radius 3 is 2.88 bits per heavy atom. The van der Waals surface area contributed by atoms with Crippen molar-refractivity contribution in [1.29, 1.82) is 0 Å². The van der Waals surface area contributed by atoms with Crippen molar-refractivity contribution in [2.75, 3.05) is 0 Å². The van der Waals surface area contributed by atoms with Gasteiger partial charge in [0.05, 0.1) is 11.7 Å². The SMILES string of the molecule is Clc1nc(Sc2ncco2)c2ccccc2n1. The summed E-state index contributed by atoms with van der Waals surface area (Å²) < 4.78 is 5.17. The molecule has 4 nitrogen and oxygen atoms in total. The smallest absolute Gasteiger partial charge is 0.261 e. The number of aromatic nitrogens is 3. The lowest BCUT2D eigenvalue weighted by Gasteiger charge is -2.02. The van der Waals surface area contributed by atoms with Gasteiger partial charge < -0.3 is 4.42 Å². The first-order valence-corrected chi connectivity index (χ1v) is 6.02. The first-order valence-electron chi connectivity index (χ1n) is 4.82. The molecule has 0 aliphatic rings. The minimum atomic E-state index is 0.220. The zero-order valence-corrected chi connectivity index (χ0v) is 10.1. The number of nitrogens with zero attached hydrogens (tertiary/aromatic N) is 3. The van der Waals surface area contributed by atoms with E-state index in [-0.39, 0.29) is 5.28 Å². The number of oxazole rings is 1. The summed E-state index contributed by atoms with van der Waals surface area (Å²) in [6.45, 7) is 0. The van der Waals surface area contributed by atoms with Crippen LogP contribution in [-0.2, 0) is 0 Å². The molecular weight excluding hydrogens is 258 g/mol. The molecule has 84 valence electrons. The maximum absolute atomic E-state index is 5.88. The molecule has 0 N–H and O–H groups in total. The van der Waals surface area contributed by atoms with E-state index in [2.05, 4.69) is 15.0 Å². The van der Waals surface area contributed by atoms with Crippen molar-refractivity contribution in [3.8, 4) is 0 Å². The summed E-state index contributed by atoms with van der Waals surface area (Å²) in [7, 11) is 0. The molecule has 2 aromatic heterocycles. The van der Waals surface area contributed by atoms with E-state index in [9.17, 15) is 0 Å². The van der Waals surface area contributed by atoms with Crippen molar-refractivity contribution in [3.05, 3.63) is 42.0 Å². The van der Waals surface area contributed by atoms with E-state index in [1.165, 1.54) is 18.0 Å². The standard InChI is InChI=1S/C11H6ClN3OS/c12-10-14-8-4-2-1-3-7(8)9(15-10)17-11-13-5-6-16-11/h1-6H. The van der Waals surface area contributed by atoms with Gasteiger partial charge in [-0.2, -0.15) is 0 Å². The number of benzene rings is 1. The Kier molecular flexibility index (Phi) is 2.70. The van der Waals surface area contributed by atoms with E-state index in [1.54, 1.807) is 6.20 Å². The van der Waals surface area contributed by atoms with Gasteiger partial charge >= 0.3 is 0 Å². The molecule has 2 heterocycles. The maximum Gasteiger partial charge on any atom is 0.261 e. The molecule has 17 heavy (non-hydrogen) atoms. The highest BCUT2D eigenvalue weighted by Gasteiger charge is 2.10. The second-order valence-electron chi connectivity index (χ2n) is 3.22. The molecule has 6 heteroatoms. The van der Waals surface area contributed by atoms with Crippen LogP contribution in [0.2, 0.25) is 5.28 Å². The third-order valence-corrected chi connectivity index (χ3v) is 3.18. The lowest BCUT2D eigenvalue weighted by Crippen LogP contribution is -1.89. The quantitative estimate of drug-likeness (QED) is 0.524. The van der Waals surface area contributed by atoms with Gasteiger partial charge in [0.15, 0.2) is 0 Å². The molecule has 1 aromatic carbocycles. The molecule has 0 unspecified atom stereocenters. The van der Waals surface area contributed by atoms with E-state index in [0.717, 1.165) is 15.9 Å². The molecule has 0 radical (unpaired) electrons. The van der Waals surface area contributed by atoms with Crippen molar-refractivity contribution >= 4 is 34.3 Å². The van der Waals surface area contributed by atoms with E-state index in [0.29, 0.717) is 5.22 Å². The van der Waals surface area contributed by atoms with Crippen LogP contribution in [0.25, 0.3) is 10.9 Å². The molecule has 0 spiro atoms. The van der Waals surface area contributed by atoms with Gasteiger partial charge in [0.1, 0.15) is 11.3 Å². The summed E-state index contributed by atoms with van der Waals surface area (Å²) in [5, 5.41) is 2.42. The van der Waals surface area contributed by atoms with Gasteiger partial charge in [-0.3, -0.25) is 0 Å². The van der Waals surface area contributed by atoms with Crippen LogP contribution in [-0.4, -0.2) is 15.0 Å². The highest BCUT2D eigenvalue weighted by molar-refractivity contribution is 7.99. The summed E-state index contributed by atoms with van der Waals surface area (Å²) in [4.78, 5) is 12.4. The van der Waals surface area contributed by atoms with Crippen LogP contribution in [0.15, 0.2) is 51.4 Å². The van der Waals surface area contributed by atoms with Crippen molar-refractivity contribution < 1.29 is 4.42 Å². The molecule has 0 fully saturated rings. The van der Waals surface area contributed by atoms with Gasteiger partial charge in [-0.25, -0.2) is 15.0 Å². The summed E-state index contributed by atoms with van der Waals surface area (Å²) in [5.41, 5.74) is 0.807. The first kappa shape index (κ1) is 10.6. The molecule has 0 aliphatic heterocycles. The number of fused-ring (bicyclic) bond motifs is 1. The summed E-state index contributed by atoms with van der Waals surface area (Å²) in [6.07, 6.45) is 3.11. The number of hydrogen-bond acceptors (Lipinski definition) is 5. The summed E-state index contributed by atoms with van der Waals surface area (Å²) >= 11 is 7.20. The summed E-state index contributed by atoms with van der Waals surface area (Å²) in [5.74, 6) is 0. The van der Waals surface area contributed by atoms with E-state index in [1.807, 2.05) is 24.3 Å². The predicted molar refractivity (Wildman–Crippen MR) is 65.2 cm³/mol. The zero-order valence-electron chi connectivity index (χ0n) is 8.50. The van der Waals surface area contributed by atoms with Crippen LogP contribution in [0.1, 0.15) is 0 Å². The predicted octanol–water partition coefficient (Wildman–Crippen LogP) is 3.42. The van der Waals surface area contributed by atoms with Gasteiger partial charge in [-0.1, -0.05) is 18.2 Å². The fraction of sp³-hybridized carbons (Fsp3) is 0. The molecule has 0 saturated carbocycles. The van der Waals surface area contributed by atoms with Crippen LogP contribution in [0.3, 0.4) is 0 Å². The topological polar surface area (TPSA) is 51.8 Å². The molecule has 0 amide bonds. The number of rotatable bonds is 2. The number of halogens is 1. The lowest BCUT2D eigenvalue weighted by atomic mass is 10.2. The largest absolute Gasteiger partial charge is 0.440 e. The molecule has 0 bridgehead atoms. The molecule has 3 rings (SSSR count). The zero-order chi connectivity index (χ0) is 11.7. The average Bonchev–Trinajstić information content (AvgIpc) is 2.81. The fourth-order valence-corrected chi connectivity index (χ4v) is 2.46. The Bertz CT molecular complexity index is 657. The second-order valence-corrected chi connectivity index (χ2v) is 4.49. The fourth-order valence-electron chi connectivity index (χ4n) is 1.44. The number of para-hydroxylation sites is 1. The Labute approximate surface area is 106 Å². The molecule has 0 aliphatic carbocycles. The van der Waals surface area contributed by atoms with Gasteiger partial charge in [-0.05, 0) is 29.4 Å².